The number of benzene rings is 1. The smallest absolute Gasteiger partial charge is 0.161 e. The molecule has 0 radical (unpaired) electrons. The van der Waals surface area contributed by atoms with Crippen molar-refractivity contribution in [2.24, 2.45) is 0 Å². The molecule has 5 rings (SSSR count). The Labute approximate surface area is 190 Å². The predicted octanol–water partition coefficient (Wildman–Crippen LogP) is 4.17. The van der Waals surface area contributed by atoms with E-state index >= 15 is 0 Å². The van der Waals surface area contributed by atoms with Crippen LogP contribution in [0.5, 0.6) is 0 Å². The molecular weight excluding hydrogens is 421 g/mol. The van der Waals surface area contributed by atoms with Crippen molar-refractivity contribution in [3.63, 3.8) is 0 Å². The summed E-state index contributed by atoms with van der Waals surface area (Å²) in [5, 5.41) is 0. The molecule has 1 fully saturated rings. The Morgan fingerprint density at radius 2 is 1.91 bits per heavy atom. The van der Waals surface area contributed by atoms with E-state index < -0.39 is 0 Å². The van der Waals surface area contributed by atoms with E-state index in [0.29, 0.717) is 42.1 Å². The van der Waals surface area contributed by atoms with E-state index in [-0.39, 0.29) is 23.5 Å². The van der Waals surface area contributed by atoms with Crippen LogP contribution in [0.3, 0.4) is 0 Å². The molecule has 2 N–H and O–H groups in total. The minimum absolute atomic E-state index is 0.0633. The molecule has 1 saturated heterocycles. The zero-order chi connectivity index (χ0) is 22.9. The van der Waals surface area contributed by atoms with Crippen LogP contribution in [0.2, 0.25) is 0 Å². The summed E-state index contributed by atoms with van der Waals surface area (Å²) in [5.74, 6) is -0.00705. The molecule has 1 aromatic carbocycles. The van der Waals surface area contributed by atoms with Gasteiger partial charge in [0.15, 0.2) is 5.78 Å². The quantitative estimate of drug-likeness (QED) is 0.479. The number of anilines is 1. The van der Waals surface area contributed by atoms with E-state index in [1.165, 1.54) is 12.1 Å². The minimum atomic E-state index is -0.332. The second kappa shape index (κ2) is 8.71. The molecule has 0 saturated carbocycles. The van der Waals surface area contributed by atoms with Crippen LogP contribution in [0.1, 0.15) is 30.7 Å². The third-order valence-corrected chi connectivity index (χ3v) is 5.98. The number of fused-ring (bicyclic) bond motifs is 1. The van der Waals surface area contributed by atoms with E-state index in [1.807, 2.05) is 29.7 Å². The lowest BCUT2D eigenvalue weighted by Crippen LogP contribution is -2.20. The summed E-state index contributed by atoms with van der Waals surface area (Å²) < 4.78 is 21.0. The number of halogens is 1. The summed E-state index contributed by atoms with van der Waals surface area (Å²) in [6.07, 6.45) is 5.76. The number of hydrogen-bond acceptors (Lipinski definition) is 6. The van der Waals surface area contributed by atoms with Gasteiger partial charge < -0.3 is 14.9 Å². The van der Waals surface area contributed by atoms with Crippen LogP contribution in [-0.4, -0.2) is 37.8 Å². The topological polar surface area (TPSA) is 95.4 Å². The number of pyridine rings is 1. The molecule has 0 bridgehead atoms. The molecule has 0 aliphatic carbocycles. The first kappa shape index (κ1) is 21.2. The number of rotatable bonds is 6. The number of nitrogen functional groups attached to an aromatic ring is 1. The third kappa shape index (κ3) is 4.21. The molecule has 33 heavy (non-hydrogen) atoms. The normalized spacial score (nSPS) is 15.9. The summed E-state index contributed by atoms with van der Waals surface area (Å²) in [6, 6.07) is 9.92. The van der Waals surface area contributed by atoms with Crippen LogP contribution in [0.4, 0.5) is 10.2 Å². The Morgan fingerprint density at radius 3 is 2.67 bits per heavy atom. The molecule has 168 valence electrons. The van der Waals surface area contributed by atoms with Crippen molar-refractivity contribution < 1.29 is 13.9 Å². The SMILES string of the molecule is Cc1cnc2ccc(-c3nc(CCC(=O)[C@@H]4CCCO4)c(N)nc3-c3ccc(F)cc3)cn12. The Kier molecular flexibility index (Phi) is 5.60. The number of hydrogen-bond donors (Lipinski definition) is 1. The average Bonchev–Trinajstić information content (AvgIpc) is 3.49. The van der Waals surface area contributed by atoms with Gasteiger partial charge in [0.2, 0.25) is 0 Å². The van der Waals surface area contributed by atoms with Crippen LogP contribution in [0.25, 0.3) is 28.2 Å². The number of carbonyl (C=O) groups excluding carboxylic acids is 1. The predicted molar refractivity (Wildman–Crippen MR) is 123 cm³/mol. The third-order valence-electron chi connectivity index (χ3n) is 5.98. The highest BCUT2D eigenvalue weighted by atomic mass is 19.1. The van der Waals surface area contributed by atoms with Gasteiger partial charge in [-0.2, -0.15) is 0 Å². The highest BCUT2D eigenvalue weighted by Crippen LogP contribution is 2.32. The van der Waals surface area contributed by atoms with Crippen molar-refractivity contribution in [1.82, 2.24) is 19.4 Å². The fraction of sp³-hybridized carbons (Fsp3) is 0.280. The lowest BCUT2D eigenvalue weighted by atomic mass is 10.0. The number of ether oxygens (including phenoxy) is 1. The van der Waals surface area contributed by atoms with Crippen molar-refractivity contribution in [3.05, 3.63) is 66.0 Å². The average molecular weight is 445 g/mol. The van der Waals surface area contributed by atoms with Crippen molar-refractivity contribution in [1.29, 1.82) is 0 Å². The Balaban J connectivity index is 1.56. The maximum absolute atomic E-state index is 13.5. The first-order valence-corrected chi connectivity index (χ1v) is 11.0. The second-order valence-electron chi connectivity index (χ2n) is 8.27. The molecule has 7 nitrogen and oxygen atoms in total. The van der Waals surface area contributed by atoms with Crippen LogP contribution >= 0.6 is 0 Å². The van der Waals surface area contributed by atoms with E-state index in [0.717, 1.165) is 29.7 Å². The van der Waals surface area contributed by atoms with Gasteiger partial charge in [-0.15, -0.1) is 0 Å². The molecule has 1 aliphatic rings. The zero-order valence-corrected chi connectivity index (χ0v) is 18.3. The number of nitrogens with zero attached hydrogens (tertiary/aromatic N) is 4. The Morgan fingerprint density at radius 1 is 1.15 bits per heavy atom. The van der Waals surface area contributed by atoms with Gasteiger partial charge in [0.05, 0.1) is 17.1 Å². The minimum Gasteiger partial charge on any atom is -0.382 e. The molecule has 4 aromatic rings. The molecular formula is C25H24FN5O2. The van der Waals surface area contributed by atoms with E-state index in [1.54, 1.807) is 18.3 Å². The highest BCUT2D eigenvalue weighted by molar-refractivity contribution is 5.84. The van der Waals surface area contributed by atoms with Crippen LogP contribution < -0.4 is 5.73 Å². The summed E-state index contributed by atoms with van der Waals surface area (Å²) in [5.41, 5.74) is 11.3. The van der Waals surface area contributed by atoms with Crippen molar-refractivity contribution in [2.75, 3.05) is 12.3 Å². The van der Waals surface area contributed by atoms with Crippen LogP contribution in [0, 0.1) is 12.7 Å². The van der Waals surface area contributed by atoms with Crippen LogP contribution in [0.15, 0.2) is 48.8 Å². The molecule has 0 amide bonds. The van der Waals surface area contributed by atoms with Gasteiger partial charge in [0, 0.05) is 48.7 Å². The standard InChI is InChI=1S/C25H24FN5O2/c1-15-13-28-22-11-6-17(14-31(15)22)24-23(16-4-7-18(26)8-5-16)30-25(27)19(29-24)9-10-20(32)21-3-2-12-33-21/h4-8,11,13-14,21H,2-3,9-10,12H2,1H3,(H2,27,30)/t21-/m0/s1. The van der Waals surface area contributed by atoms with Gasteiger partial charge in [-0.05, 0) is 56.2 Å². The first-order valence-electron chi connectivity index (χ1n) is 11.0. The number of aromatic nitrogens is 4. The maximum atomic E-state index is 13.5. The fourth-order valence-electron chi connectivity index (χ4n) is 4.15. The number of ketones is 1. The highest BCUT2D eigenvalue weighted by Gasteiger charge is 2.24. The molecule has 8 heteroatoms. The van der Waals surface area contributed by atoms with Gasteiger partial charge in [-0.3, -0.25) is 4.79 Å². The number of imidazole rings is 1. The zero-order valence-electron chi connectivity index (χ0n) is 18.3. The summed E-state index contributed by atoms with van der Waals surface area (Å²) >= 11 is 0. The van der Waals surface area contributed by atoms with Gasteiger partial charge in [0.1, 0.15) is 23.4 Å². The maximum Gasteiger partial charge on any atom is 0.161 e. The van der Waals surface area contributed by atoms with E-state index in [4.69, 9.17) is 15.5 Å². The van der Waals surface area contributed by atoms with E-state index in [9.17, 15) is 9.18 Å². The van der Waals surface area contributed by atoms with Crippen molar-refractivity contribution in [3.8, 4) is 22.5 Å². The van der Waals surface area contributed by atoms with Crippen molar-refractivity contribution in [2.45, 2.75) is 38.7 Å². The molecule has 1 aliphatic heterocycles. The lowest BCUT2D eigenvalue weighted by molar-refractivity contribution is -0.127. The number of carbonyl (C=O) groups is 1. The number of nitrogens with two attached hydrogens (primary N) is 1. The number of aryl methyl sites for hydroxylation is 2. The number of Topliss-reactive ketones (excluding diaryl/α,β-unsaturated/α-hetero) is 1. The first-order chi connectivity index (χ1) is 16.0. The second-order valence-corrected chi connectivity index (χ2v) is 8.27. The fourth-order valence-corrected chi connectivity index (χ4v) is 4.15. The van der Waals surface area contributed by atoms with Gasteiger partial charge in [-0.1, -0.05) is 0 Å². The Bertz CT molecular complexity index is 1330. The van der Waals surface area contributed by atoms with Gasteiger partial charge >= 0.3 is 0 Å². The monoisotopic (exact) mass is 445 g/mol. The van der Waals surface area contributed by atoms with Gasteiger partial charge in [0.25, 0.3) is 0 Å². The van der Waals surface area contributed by atoms with Crippen molar-refractivity contribution >= 4 is 17.2 Å². The molecule has 0 unspecified atom stereocenters. The molecule has 3 aromatic heterocycles. The molecule has 4 heterocycles. The largest absolute Gasteiger partial charge is 0.382 e. The summed E-state index contributed by atoms with van der Waals surface area (Å²) in [7, 11) is 0. The van der Waals surface area contributed by atoms with Gasteiger partial charge in [-0.25, -0.2) is 19.3 Å². The molecule has 0 spiro atoms. The lowest BCUT2D eigenvalue weighted by Gasteiger charge is -2.14. The Hall–Kier alpha value is -3.65. The summed E-state index contributed by atoms with van der Waals surface area (Å²) in [6.45, 7) is 2.60. The summed E-state index contributed by atoms with van der Waals surface area (Å²) in [4.78, 5) is 26.4. The van der Waals surface area contributed by atoms with E-state index in [2.05, 4.69) is 9.97 Å². The molecule has 1 atom stereocenters. The van der Waals surface area contributed by atoms with Crippen LogP contribution in [-0.2, 0) is 16.0 Å².